The molecule has 1 saturated heterocycles. The summed E-state index contributed by atoms with van der Waals surface area (Å²) in [4.78, 5) is 44.6. The van der Waals surface area contributed by atoms with Crippen LogP contribution < -0.4 is 0 Å². The van der Waals surface area contributed by atoms with Gasteiger partial charge >= 0.3 is 11.9 Å². The van der Waals surface area contributed by atoms with E-state index in [0.717, 1.165) is 64.8 Å². The first-order chi connectivity index (χ1) is 23.3. The summed E-state index contributed by atoms with van der Waals surface area (Å²) >= 11 is 0. The second kappa shape index (κ2) is 11.9. The number of esters is 1. The van der Waals surface area contributed by atoms with E-state index in [2.05, 4.69) is 58.3 Å². The summed E-state index contributed by atoms with van der Waals surface area (Å²) in [5.74, 6) is 2.03. The Morgan fingerprint density at radius 2 is 1.42 bits per heavy atom. The molecule has 6 saturated carbocycles. The number of carboxylic acid groups (broad SMARTS) is 1. The van der Waals surface area contributed by atoms with Crippen molar-refractivity contribution in [2.24, 2.45) is 67.5 Å². The van der Waals surface area contributed by atoms with Crippen LogP contribution in [0.2, 0.25) is 0 Å². The van der Waals surface area contributed by atoms with Crippen LogP contribution in [0.15, 0.2) is 0 Å². The molecule has 50 heavy (non-hydrogen) atoms. The number of nitrogens with zero attached hydrogens (tertiary/aromatic N) is 2. The molecular formula is C43H70N2O5. The van der Waals surface area contributed by atoms with E-state index in [9.17, 15) is 19.5 Å². The minimum Gasteiger partial charge on any atom is -0.481 e. The molecule has 6 aliphatic carbocycles. The highest BCUT2D eigenvalue weighted by Crippen LogP contribution is 2.79. The number of aliphatic carboxylic acids is 1. The Balaban J connectivity index is 1.15. The molecule has 7 fully saturated rings. The Labute approximate surface area is 303 Å². The van der Waals surface area contributed by atoms with E-state index in [1.165, 1.54) is 44.9 Å². The van der Waals surface area contributed by atoms with Crippen LogP contribution in [0.25, 0.3) is 0 Å². The van der Waals surface area contributed by atoms with E-state index in [1.807, 2.05) is 0 Å². The van der Waals surface area contributed by atoms with Crippen molar-refractivity contribution >= 4 is 17.8 Å². The zero-order valence-electron chi connectivity index (χ0n) is 33.2. The van der Waals surface area contributed by atoms with E-state index in [4.69, 9.17) is 4.74 Å². The number of hydrogen-bond donors (Lipinski definition) is 1. The van der Waals surface area contributed by atoms with Gasteiger partial charge in [-0.2, -0.15) is 0 Å². The number of carbonyl (C=O) groups excluding carboxylic acids is 2. The molecule has 1 amide bonds. The Morgan fingerprint density at radius 3 is 2.04 bits per heavy atom. The molecule has 7 rings (SSSR count). The monoisotopic (exact) mass is 695 g/mol. The highest BCUT2D eigenvalue weighted by molar-refractivity contribution is 5.84. The van der Waals surface area contributed by atoms with Crippen LogP contribution in [-0.2, 0) is 19.1 Å². The zero-order valence-corrected chi connectivity index (χ0v) is 33.2. The van der Waals surface area contributed by atoms with Gasteiger partial charge in [-0.05, 0) is 149 Å². The molecule has 1 N–H and O–H groups in total. The van der Waals surface area contributed by atoms with Crippen molar-refractivity contribution in [3.05, 3.63) is 0 Å². The molecule has 0 spiro atoms. The maximum absolute atomic E-state index is 15.0. The molecular weight excluding hydrogens is 624 g/mol. The summed E-state index contributed by atoms with van der Waals surface area (Å²) in [5.41, 5.74) is -0.469. The molecule has 10 unspecified atom stereocenters. The predicted molar refractivity (Wildman–Crippen MR) is 196 cm³/mol. The molecule has 7 heteroatoms. The lowest BCUT2D eigenvalue weighted by molar-refractivity contribution is -0.251. The van der Waals surface area contributed by atoms with Crippen molar-refractivity contribution in [3.63, 3.8) is 0 Å². The van der Waals surface area contributed by atoms with Gasteiger partial charge in [-0.1, -0.05) is 48.5 Å². The van der Waals surface area contributed by atoms with Gasteiger partial charge in [-0.15, -0.1) is 0 Å². The van der Waals surface area contributed by atoms with Gasteiger partial charge in [0.05, 0.1) is 17.3 Å². The van der Waals surface area contributed by atoms with Crippen molar-refractivity contribution in [2.75, 3.05) is 32.7 Å². The SMILES string of the molecule is CCN1CCN(C(=O)C23CCC(C4(C)CC4)C2C2CCC4C5(C)CCC(OC(=O)CC(C)(C)C(=O)O)C(C)(C)C5CCC4(C)C2(C)CC3)CC1. The molecule has 0 radical (unpaired) electrons. The Bertz CT molecular complexity index is 1380. The number of ether oxygens (including phenoxy) is 1. The normalized spacial score (nSPS) is 45.0. The van der Waals surface area contributed by atoms with Gasteiger partial charge in [-0.3, -0.25) is 14.4 Å². The number of amides is 1. The topological polar surface area (TPSA) is 87.2 Å². The van der Waals surface area contributed by atoms with E-state index in [1.54, 1.807) is 13.8 Å². The summed E-state index contributed by atoms with van der Waals surface area (Å²) in [6.07, 6.45) is 13.7. The molecule has 0 aromatic rings. The number of carboxylic acids is 1. The van der Waals surface area contributed by atoms with Crippen LogP contribution in [-0.4, -0.2) is 71.6 Å². The first-order valence-corrected chi connectivity index (χ1v) is 20.7. The van der Waals surface area contributed by atoms with Crippen LogP contribution >= 0.6 is 0 Å². The number of rotatable bonds is 7. The summed E-state index contributed by atoms with van der Waals surface area (Å²) in [6, 6.07) is 0. The van der Waals surface area contributed by atoms with Gasteiger partial charge in [0.2, 0.25) is 5.91 Å². The van der Waals surface area contributed by atoms with Gasteiger partial charge in [0, 0.05) is 31.6 Å². The fourth-order valence-electron chi connectivity index (χ4n) is 14.7. The van der Waals surface area contributed by atoms with Gasteiger partial charge < -0.3 is 19.6 Å². The minimum absolute atomic E-state index is 0.0998. The molecule has 1 heterocycles. The molecule has 10 atom stereocenters. The quantitative estimate of drug-likeness (QED) is 0.269. The Morgan fingerprint density at radius 1 is 0.740 bits per heavy atom. The number of carbonyl (C=O) groups is 3. The highest BCUT2D eigenvalue weighted by atomic mass is 16.5. The van der Waals surface area contributed by atoms with E-state index in [-0.39, 0.29) is 45.6 Å². The van der Waals surface area contributed by atoms with Gasteiger partial charge in [-0.25, -0.2) is 0 Å². The number of hydrogen-bond acceptors (Lipinski definition) is 5. The van der Waals surface area contributed by atoms with Crippen LogP contribution in [0.1, 0.15) is 146 Å². The first kappa shape index (κ1) is 36.7. The molecule has 0 aromatic carbocycles. The van der Waals surface area contributed by atoms with Crippen molar-refractivity contribution < 1.29 is 24.2 Å². The molecule has 0 aromatic heterocycles. The summed E-state index contributed by atoms with van der Waals surface area (Å²) in [7, 11) is 0. The molecule has 282 valence electrons. The van der Waals surface area contributed by atoms with Crippen LogP contribution in [0.3, 0.4) is 0 Å². The van der Waals surface area contributed by atoms with Gasteiger partial charge in [0.1, 0.15) is 6.10 Å². The van der Waals surface area contributed by atoms with E-state index >= 15 is 0 Å². The standard InChI is InChI=1S/C43H70N2O5/c1-10-44-23-25-45(26-24-44)35(47)43-18-13-28(39(6)19-20-39)34(43)29-11-12-31-40(7)16-15-32(50-33(46)27-37(2,3)36(48)49)38(4,5)30(40)14-17-42(31,9)41(29,8)21-22-43/h28-32,34H,10-27H2,1-9H3,(H,48,49). The highest BCUT2D eigenvalue weighted by Gasteiger charge is 2.73. The van der Waals surface area contributed by atoms with Crippen LogP contribution in [0, 0.1) is 67.5 Å². The lowest BCUT2D eigenvalue weighted by Gasteiger charge is -2.73. The third-order valence-electron chi connectivity index (χ3n) is 18.3. The maximum atomic E-state index is 15.0. The summed E-state index contributed by atoms with van der Waals surface area (Å²) in [6.45, 7) is 25.5. The fourth-order valence-corrected chi connectivity index (χ4v) is 14.7. The summed E-state index contributed by atoms with van der Waals surface area (Å²) < 4.78 is 6.21. The smallest absolute Gasteiger partial charge is 0.309 e. The van der Waals surface area contributed by atoms with Gasteiger partial charge in [0.15, 0.2) is 0 Å². The summed E-state index contributed by atoms with van der Waals surface area (Å²) in [5, 5.41) is 9.62. The van der Waals surface area contributed by atoms with E-state index < -0.39 is 11.4 Å². The van der Waals surface area contributed by atoms with Crippen LogP contribution in [0.4, 0.5) is 0 Å². The predicted octanol–water partition coefficient (Wildman–Crippen LogP) is 8.44. The third kappa shape index (κ3) is 5.21. The minimum atomic E-state index is -1.13. The number of piperazine rings is 1. The van der Waals surface area contributed by atoms with Crippen molar-refractivity contribution in [1.29, 1.82) is 0 Å². The molecule has 0 bridgehead atoms. The number of likely N-dealkylation sites (N-methyl/N-ethyl adjacent to an activating group) is 1. The molecule has 1 aliphatic heterocycles. The fraction of sp³-hybridized carbons (Fsp3) is 0.930. The third-order valence-corrected chi connectivity index (χ3v) is 18.3. The second-order valence-corrected chi connectivity index (χ2v) is 21.1. The lowest BCUT2D eigenvalue weighted by atomic mass is 9.32. The van der Waals surface area contributed by atoms with Crippen molar-refractivity contribution in [1.82, 2.24) is 9.80 Å². The number of fused-ring (bicyclic) bond motifs is 7. The maximum Gasteiger partial charge on any atom is 0.309 e. The van der Waals surface area contributed by atoms with Crippen LogP contribution in [0.5, 0.6) is 0 Å². The molecule has 7 aliphatic rings. The Kier molecular flexibility index (Phi) is 8.77. The lowest BCUT2D eigenvalue weighted by Crippen LogP contribution is -2.68. The van der Waals surface area contributed by atoms with E-state index in [0.29, 0.717) is 40.9 Å². The van der Waals surface area contributed by atoms with Crippen molar-refractivity contribution in [3.8, 4) is 0 Å². The average Bonchev–Trinajstić information content (AvgIpc) is 3.67. The average molecular weight is 695 g/mol. The first-order valence-electron chi connectivity index (χ1n) is 20.7. The Hall–Kier alpha value is -1.63. The second-order valence-electron chi connectivity index (χ2n) is 21.1. The van der Waals surface area contributed by atoms with Gasteiger partial charge in [0.25, 0.3) is 0 Å². The largest absolute Gasteiger partial charge is 0.481 e. The van der Waals surface area contributed by atoms with Crippen molar-refractivity contribution in [2.45, 2.75) is 152 Å². The zero-order chi connectivity index (χ0) is 36.3. The molecule has 7 nitrogen and oxygen atoms in total.